The number of benzene rings is 1. The van der Waals surface area contributed by atoms with Crippen LogP contribution in [0.5, 0.6) is 5.75 Å². The first-order valence-electron chi connectivity index (χ1n) is 5.09. The molecule has 0 radical (unpaired) electrons. The zero-order valence-corrected chi connectivity index (χ0v) is 11.5. The molecule has 17 heavy (non-hydrogen) atoms. The van der Waals surface area contributed by atoms with Gasteiger partial charge in [0.15, 0.2) is 0 Å². The van der Waals surface area contributed by atoms with Crippen LogP contribution in [0.15, 0.2) is 29.3 Å². The molecule has 0 fully saturated rings. The predicted octanol–water partition coefficient (Wildman–Crippen LogP) is 3.31. The Labute approximate surface area is 110 Å². The van der Waals surface area contributed by atoms with Crippen molar-refractivity contribution >= 4 is 27.9 Å². The highest BCUT2D eigenvalue weighted by molar-refractivity contribution is 8.38. The molecule has 0 aromatic heterocycles. The van der Waals surface area contributed by atoms with Crippen LogP contribution in [0.3, 0.4) is 0 Å². The van der Waals surface area contributed by atoms with Crippen LogP contribution in [0.4, 0.5) is 0 Å². The van der Waals surface area contributed by atoms with Gasteiger partial charge >= 0.3 is 0 Å². The molecule has 0 amide bonds. The van der Waals surface area contributed by atoms with Crippen molar-refractivity contribution in [1.29, 1.82) is 5.26 Å². The highest BCUT2D eigenvalue weighted by Gasteiger charge is 1.99. The van der Waals surface area contributed by atoms with E-state index in [1.54, 1.807) is 6.19 Å². The summed E-state index contributed by atoms with van der Waals surface area (Å²) in [4.78, 5) is 3.69. The van der Waals surface area contributed by atoms with E-state index in [1.807, 2.05) is 37.4 Å². The fraction of sp³-hybridized carbons (Fsp3) is 0.333. The van der Waals surface area contributed by atoms with Crippen LogP contribution in [0.2, 0.25) is 0 Å². The number of hydrogen-bond acceptors (Lipinski definition) is 5. The number of hydrogen-bond donors (Lipinski definition) is 0. The summed E-state index contributed by atoms with van der Waals surface area (Å²) in [7, 11) is 0. The van der Waals surface area contributed by atoms with Gasteiger partial charge in [-0.05, 0) is 30.9 Å². The fourth-order valence-electron chi connectivity index (χ4n) is 1.17. The van der Waals surface area contributed by atoms with E-state index >= 15 is 0 Å². The number of thioether (sulfide) groups is 2. The van der Waals surface area contributed by atoms with Crippen molar-refractivity contribution in [3.63, 3.8) is 0 Å². The number of ether oxygens (including phenoxy) is 1. The first-order chi connectivity index (χ1) is 8.26. The van der Waals surface area contributed by atoms with Gasteiger partial charge in [-0.25, -0.2) is 0 Å². The second-order valence-corrected chi connectivity index (χ2v) is 5.33. The van der Waals surface area contributed by atoms with Gasteiger partial charge < -0.3 is 4.74 Å². The minimum absolute atomic E-state index is 0.610. The maximum Gasteiger partial charge on any atom is 0.207 e. The lowest BCUT2D eigenvalue weighted by Crippen LogP contribution is -2.01. The molecule has 0 aliphatic rings. The molecule has 1 aromatic rings. The Kier molecular flexibility index (Phi) is 6.60. The van der Waals surface area contributed by atoms with Crippen molar-refractivity contribution in [3.05, 3.63) is 29.8 Å². The van der Waals surface area contributed by atoms with E-state index in [2.05, 4.69) is 4.99 Å². The van der Waals surface area contributed by atoms with Crippen molar-refractivity contribution in [2.75, 3.05) is 18.6 Å². The molecule has 0 saturated carbocycles. The molecule has 0 heterocycles. The molecular weight excluding hydrogens is 252 g/mol. The quantitative estimate of drug-likeness (QED) is 0.363. The summed E-state index contributed by atoms with van der Waals surface area (Å²) in [5.74, 6) is 1.67. The Balaban J connectivity index is 2.29. The topological polar surface area (TPSA) is 45.4 Å². The molecule has 0 unspecified atom stereocenters. The van der Waals surface area contributed by atoms with E-state index in [0.717, 1.165) is 15.9 Å². The van der Waals surface area contributed by atoms with Crippen LogP contribution in [-0.4, -0.2) is 23.0 Å². The van der Waals surface area contributed by atoms with Crippen molar-refractivity contribution in [2.24, 2.45) is 4.99 Å². The first kappa shape index (κ1) is 13.9. The molecule has 0 bridgehead atoms. The number of aryl methyl sites for hydroxylation is 1. The molecule has 1 aromatic carbocycles. The lowest BCUT2D eigenvalue weighted by Gasteiger charge is -2.06. The summed E-state index contributed by atoms with van der Waals surface area (Å²) in [5, 5.41) is 8.44. The Morgan fingerprint density at radius 1 is 1.53 bits per heavy atom. The van der Waals surface area contributed by atoms with Crippen molar-refractivity contribution in [1.82, 2.24) is 0 Å². The van der Waals surface area contributed by atoms with Gasteiger partial charge in [-0.15, -0.1) is 11.8 Å². The van der Waals surface area contributed by atoms with Gasteiger partial charge in [-0.3, -0.25) is 0 Å². The van der Waals surface area contributed by atoms with Crippen molar-refractivity contribution < 1.29 is 4.74 Å². The van der Waals surface area contributed by atoms with Crippen LogP contribution in [-0.2, 0) is 0 Å². The van der Waals surface area contributed by atoms with E-state index < -0.39 is 0 Å². The number of nitriles is 1. The van der Waals surface area contributed by atoms with Crippen LogP contribution < -0.4 is 4.74 Å². The molecule has 90 valence electrons. The maximum absolute atomic E-state index is 8.44. The smallest absolute Gasteiger partial charge is 0.207 e. The van der Waals surface area contributed by atoms with Crippen LogP contribution >= 0.6 is 23.5 Å². The maximum atomic E-state index is 8.44. The van der Waals surface area contributed by atoms with Gasteiger partial charge in [0.2, 0.25) is 6.19 Å². The summed E-state index contributed by atoms with van der Waals surface area (Å²) < 4.78 is 6.37. The van der Waals surface area contributed by atoms with Crippen LogP contribution in [0.1, 0.15) is 5.56 Å². The highest BCUT2D eigenvalue weighted by Crippen LogP contribution is 2.16. The second kappa shape index (κ2) is 8.04. The standard InChI is InChI=1S/C12H14N2OS2/c1-10-4-3-5-11(8-10)15-6-7-17-12(16-2)14-9-13/h3-5,8H,6-7H2,1-2H3. The van der Waals surface area contributed by atoms with E-state index in [-0.39, 0.29) is 0 Å². The molecule has 0 aliphatic heterocycles. The molecule has 0 N–H and O–H groups in total. The van der Waals surface area contributed by atoms with E-state index in [1.165, 1.54) is 29.1 Å². The van der Waals surface area contributed by atoms with Gasteiger partial charge in [0.05, 0.1) is 6.61 Å². The minimum Gasteiger partial charge on any atom is -0.493 e. The highest BCUT2D eigenvalue weighted by atomic mass is 32.2. The molecule has 0 spiro atoms. The van der Waals surface area contributed by atoms with E-state index in [4.69, 9.17) is 10.00 Å². The molecule has 5 heteroatoms. The Morgan fingerprint density at radius 3 is 3.00 bits per heavy atom. The van der Waals surface area contributed by atoms with Gasteiger partial charge in [0.1, 0.15) is 10.1 Å². The summed E-state index contributed by atoms with van der Waals surface area (Å²) in [6, 6.07) is 7.95. The van der Waals surface area contributed by atoms with Crippen LogP contribution in [0.25, 0.3) is 0 Å². The zero-order valence-electron chi connectivity index (χ0n) is 9.84. The lowest BCUT2D eigenvalue weighted by molar-refractivity contribution is 0.344. The third-order valence-corrected chi connectivity index (χ3v) is 3.89. The molecule has 0 saturated heterocycles. The summed E-state index contributed by atoms with van der Waals surface area (Å²) in [6.45, 7) is 2.64. The molecule has 0 atom stereocenters. The number of rotatable bonds is 4. The number of nitrogens with zero attached hydrogens (tertiary/aromatic N) is 2. The monoisotopic (exact) mass is 266 g/mol. The molecule has 3 nitrogen and oxygen atoms in total. The lowest BCUT2D eigenvalue weighted by atomic mass is 10.2. The third-order valence-electron chi connectivity index (χ3n) is 1.88. The first-order valence-corrected chi connectivity index (χ1v) is 7.30. The van der Waals surface area contributed by atoms with Gasteiger partial charge in [-0.1, -0.05) is 23.9 Å². The van der Waals surface area contributed by atoms with E-state index in [9.17, 15) is 0 Å². The zero-order chi connectivity index (χ0) is 12.5. The Bertz CT molecular complexity index is 427. The molecule has 0 aliphatic carbocycles. The predicted molar refractivity (Wildman–Crippen MR) is 75.7 cm³/mol. The summed E-state index contributed by atoms with van der Waals surface area (Å²) in [5.41, 5.74) is 1.19. The Morgan fingerprint density at radius 2 is 2.35 bits per heavy atom. The van der Waals surface area contributed by atoms with Gasteiger partial charge in [-0.2, -0.15) is 10.3 Å². The Hall–Kier alpha value is -1.12. The second-order valence-electron chi connectivity index (χ2n) is 3.20. The molecule has 1 rings (SSSR count). The normalized spacial score (nSPS) is 11.0. The third kappa shape index (κ3) is 5.66. The van der Waals surface area contributed by atoms with Crippen molar-refractivity contribution in [3.8, 4) is 11.9 Å². The fourth-order valence-corrected chi connectivity index (χ4v) is 2.47. The minimum atomic E-state index is 0.610. The summed E-state index contributed by atoms with van der Waals surface area (Å²) >= 11 is 3.01. The van der Waals surface area contributed by atoms with E-state index in [0.29, 0.717) is 6.61 Å². The summed E-state index contributed by atoms with van der Waals surface area (Å²) in [6.07, 6.45) is 3.70. The SMILES string of the molecule is CSC(=NC#N)SCCOc1cccc(C)c1. The molecular formula is C12H14N2OS2. The number of aliphatic imine (C=N–C) groups is 1. The van der Waals surface area contributed by atoms with Gasteiger partial charge in [0.25, 0.3) is 0 Å². The van der Waals surface area contributed by atoms with Gasteiger partial charge in [0, 0.05) is 5.75 Å². The average Bonchev–Trinajstić information content (AvgIpc) is 2.33. The van der Waals surface area contributed by atoms with Crippen LogP contribution in [0, 0.1) is 18.4 Å². The largest absolute Gasteiger partial charge is 0.493 e. The average molecular weight is 266 g/mol. The van der Waals surface area contributed by atoms with Crippen molar-refractivity contribution in [2.45, 2.75) is 6.92 Å².